The Bertz CT molecular complexity index is 649. The van der Waals surface area contributed by atoms with E-state index >= 15 is 0 Å². The van der Waals surface area contributed by atoms with Gasteiger partial charge in [0.25, 0.3) is 0 Å². The van der Waals surface area contributed by atoms with E-state index in [0.29, 0.717) is 0 Å². The maximum Gasteiger partial charge on any atom is 0.354 e. The molecule has 112 valence electrons. The maximum absolute atomic E-state index is 11.2. The fourth-order valence-corrected chi connectivity index (χ4v) is 1.84. The minimum atomic E-state index is -1.07. The Morgan fingerprint density at radius 3 is 2.32 bits per heavy atom. The first kappa shape index (κ1) is 15.5. The highest BCUT2D eigenvalue weighted by Crippen LogP contribution is 2.03. The summed E-state index contributed by atoms with van der Waals surface area (Å²) >= 11 is 0. The molecule has 0 aliphatic heterocycles. The van der Waals surface area contributed by atoms with Crippen molar-refractivity contribution < 1.29 is 14.7 Å². The summed E-state index contributed by atoms with van der Waals surface area (Å²) in [7, 11) is 0. The van der Waals surface area contributed by atoms with Gasteiger partial charge in [-0.15, -0.1) is 0 Å². The molecule has 0 aliphatic carbocycles. The third kappa shape index (κ3) is 5.25. The Morgan fingerprint density at radius 2 is 1.68 bits per heavy atom. The van der Waals surface area contributed by atoms with Crippen molar-refractivity contribution in [3.63, 3.8) is 0 Å². The Hall–Kier alpha value is -2.88. The highest BCUT2D eigenvalue weighted by Gasteiger charge is 2.11. The van der Waals surface area contributed by atoms with Gasteiger partial charge in [-0.1, -0.05) is 71.9 Å². The van der Waals surface area contributed by atoms with Crippen molar-refractivity contribution in [2.75, 3.05) is 6.61 Å². The summed E-state index contributed by atoms with van der Waals surface area (Å²) in [5.74, 6) is -1.07. The molecule has 4 nitrogen and oxygen atoms in total. The number of carboxylic acid groups (broad SMARTS) is 1. The van der Waals surface area contributed by atoms with Crippen LogP contribution in [0.5, 0.6) is 0 Å². The van der Waals surface area contributed by atoms with Gasteiger partial charge in [-0.2, -0.15) is 0 Å². The molecule has 0 unspecified atom stereocenters. The number of rotatable bonds is 7. The predicted molar refractivity (Wildman–Crippen MR) is 86.6 cm³/mol. The van der Waals surface area contributed by atoms with Crippen molar-refractivity contribution in [3.05, 3.63) is 77.9 Å². The van der Waals surface area contributed by atoms with Crippen LogP contribution in [-0.2, 0) is 16.1 Å². The molecule has 0 amide bonds. The van der Waals surface area contributed by atoms with Crippen LogP contribution in [0.1, 0.15) is 11.1 Å². The third-order valence-corrected chi connectivity index (χ3v) is 2.92. The number of benzene rings is 2. The lowest BCUT2D eigenvalue weighted by Crippen LogP contribution is -2.16. The lowest BCUT2D eigenvalue weighted by Gasteiger charge is -2.02. The smallest absolute Gasteiger partial charge is 0.354 e. The summed E-state index contributed by atoms with van der Waals surface area (Å²) in [5.41, 5.74) is 1.92. The molecule has 0 saturated heterocycles. The summed E-state index contributed by atoms with van der Waals surface area (Å²) in [4.78, 5) is 16.2. The quantitative estimate of drug-likeness (QED) is 0.484. The molecule has 0 bridgehead atoms. The average molecular weight is 295 g/mol. The van der Waals surface area contributed by atoms with Crippen LogP contribution < -0.4 is 0 Å². The Balaban J connectivity index is 1.88. The van der Waals surface area contributed by atoms with E-state index in [1.54, 1.807) is 6.08 Å². The fourth-order valence-electron chi connectivity index (χ4n) is 1.84. The van der Waals surface area contributed by atoms with Gasteiger partial charge in [0, 0.05) is 6.42 Å². The van der Waals surface area contributed by atoms with E-state index in [0.717, 1.165) is 11.1 Å². The van der Waals surface area contributed by atoms with E-state index in [1.807, 2.05) is 66.7 Å². The van der Waals surface area contributed by atoms with Crippen molar-refractivity contribution >= 4 is 17.8 Å². The van der Waals surface area contributed by atoms with E-state index in [-0.39, 0.29) is 18.7 Å². The van der Waals surface area contributed by atoms with Crippen molar-refractivity contribution in [1.29, 1.82) is 0 Å². The SMILES string of the molecule is O=C(O)C(Cc1ccccc1)=NOCC=Cc1ccccc1. The van der Waals surface area contributed by atoms with Crippen LogP contribution in [0.2, 0.25) is 0 Å². The summed E-state index contributed by atoms with van der Waals surface area (Å²) < 4.78 is 0. The number of oxime groups is 1. The maximum atomic E-state index is 11.2. The summed E-state index contributed by atoms with van der Waals surface area (Å²) in [6, 6.07) is 19.1. The number of hydrogen-bond donors (Lipinski definition) is 1. The van der Waals surface area contributed by atoms with E-state index in [4.69, 9.17) is 9.94 Å². The molecule has 2 aromatic rings. The first-order chi connectivity index (χ1) is 10.8. The van der Waals surface area contributed by atoms with Crippen molar-refractivity contribution in [2.24, 2.45) is 5.16 Å². The second kappa shape index (κ2) is 8.42. The number of hydrogen-bond acceptors (Lipinski definition) is 3. The minimum Gasteiger partial charge on any atom is -0.477 e. The van der Waals surface area contributed by atoms with Crippen LogP contribution in [0.15, 0.2) is 71.9 Å². The van der Waals surface area contributed by atoms with Crippen LogP contribution in [-0.4, -0.2) is 23.4 Å². The zero-order valence-electron chi connectivity index (χ0n) is 12.1. The van der Waals surface area contributed by atoms with Crippen LogP contribution >= 0.6 is 0 Å². The molecule has 0 atom stereocenters. The molecule has 1 N–H and O–H groups in total. The Kier molecular flexibility index (Phi) is 5.93. The summed E-state index contributed by atoms with van der Waals surface area (Å²) in [5, 5.41) is 12.9. The standard InChI is InChI=1S/C18H17NO3/c20-18(21)17(14-16-10-5-2-6-11-16)19-22-13-7-12-15-8-3-1-4-9-15/h1-12H,13-14H2,(H,20,21). The van der Waals surface area contributed by atoms with Gasteiger partial charge >= 0.3 is 5.97 Å². The molecule has 0 heterocycles. The molecule has 0 fully saturated rings. The first-order valence-electron chi connectivity index (χ1n) is 6.93. The van der Waals surface area contributed by atoms with Crippen LogP contribution in [0.4, 0.5) is 0 Å². The van der Waals surface area contributed by atoms with Gasteiger partial charge < -0.3 is 9.94 Å². The van der Waals surface area contributed by atoms with Crippen molar-refractivity contribution in [2.45, 2.75) is 6.42 Å². The van der Waals surface area contributed by atoms with E-state index in [9.17, 15) is 4.79 Å². The van der Waals surface area contributed by atoms with Gasteiger partial charge in [-0.05, 0) is 17.2 Å². The van der Waals surface area contributed by atoms with Gasteiger partial charge in [0.1, 0.15) is 6.61 Å². The van der Waals surface area contributed by atoms with Gasteiger partial charge in [0.15, 0.2) is 5.71 Å². The summed E-state index contributed by atoms with van der Waals surface area (Å²) in [6.45, 7) is 0.223. The van der Waals surface area contributed by atoms with Gasteiger partial charge in [-0.3, -0.25) is 0 Å². The van der Waals surface area contributed by atoms with Crippen LogP contribution in [0.25, 0.3) is 6.08 Å². The zero-order valence-corrected chi connectivity index (χ0v) is 12.1. The lowest BCUT2D eigenvalue weighted by molar-refractivity contribution is -0.129. The molecule has 0 saturated carbocycles. The Morgan fingerprint density at radius 1 is 1.05 bits per heavy atom. The average Bonchev–Trinajstić information content (AvgIpc) is 2.55. The molecule has 0 aliphatic rings. The molecule has 2 aromatic carbocycles. The fraction of sp³-hybridized carbons (Fsp3) is 0.111. The van der Waals surface area contributed by atoms with E-state index in [1.165, 1.54) is 0 Å². The number of carboxylic acids is 1. The first-order valence-corrected chi connectivity index (χ1v) is 6.93. The van der Waals surface area contributed by atoms with Crippen LogP contribution in [0.3, 0.4) is 0 Å². The second-order valence-corrected chi connectivity index (χ2v) is 4.61. The minimum absolute atomic E-state index is 0.0145. The topological polar surface area (TPSA) is 58.9 Å². The normalized spacial score (nSPS) is 11.5. The second-order valence-electron chi connectivity index (χ2n) is 4.61. The van der Waals surface area contributed by atoms with E-state index < -0.39 is 5.97 Å². The number of aliphatic carboxylic acids is 1. The lowest BCUT2D eigenvalue weighted by atomic mass is 10.1. The van der Waals surface area contributed by atoms with Gasteiger partial charge in [0.2, 0.25) is 0 Å². The largest absolute Gasteiger partial charge is 0.477 e. The Labute approximate surface area is 129 Å². The molecule has 0 aromatic heterocycles. The highest BCUT2D eigenvalue weighted by atomic mass is 16.6. The van der Waals surface area contributed by atoms with Gasteiger partial charge in [-0.25, -0.2) is 4.79 Å². The van der Waals surface area contributed by atoms with Crippen molar-refractivity contribution in [3.8, 4) is 0 Å². The van der Waals surface area contributed by atoms with E-state index in [2.05, 4.69) is 5.16 Å². The summed E-state index contributed by atoms with van der Waals surface area (Å²) in [6.07, 6.45) is 3.92. The van der Waals surface area contributed by atoms with Gasteiger partial charge in [0.05, 0.1) is 0 Å². The molecule has 0 radical (unpaired) electrons. The molecular formula is C18H17NO3. The predicted octanol–water partition coefficient (Wildman–Crippen LogP) is 3.40. The molecule has 4 heteroatoms. The molecular weight excluding hydrogens is 278 g/mol. The molecule has 22 heavy (non-hydrogen) atoms. The zero-order chi connectivity index (χ0) is 15.6. The van der Waals surface area contributed by atoms with Crippen molar-refractivity contribution in [1.82, 2.24) is 0 Å². The molecule has 2 rings (SSSR count). The molecule has 0 spiro atoms. The monoisotopic (exact) mass is 295 g/mol. The highest BCUT2D eigenvalue weighted by molar-refractivity contribution is 6.35. The third-order valence-electron chi connectivity index (χ3n) is 2.92. The number of carbonyl (C=O) groups is 1. The van der Waals surface area contributed by atoms with Crippen LogP contribution in [0, 0.1) is 0 Å². The number of nitrogens with zero attached hydrogens (tertiary/aromatic N) is 1.